The Morgan fingerprint density at radius 3 is 2.53 bits per heavy atom. The highest BCUT2D eigenvalue weighted by Gasteiger charge is 2.17. The van der Waals surface area contributed by atoms with E-state index in [2.05, 4.69) is 15.3 Å². The van der Waals surface area contributed by atoms with Crippen molar-refractivity contribution in [1.29, 1.82) is 0 Å². The number of anilines is 1. The number of hydrogen-bond donors (Lipinski definition) is 2. The first-order valence-electron chi connectivity index (χ1n) is 4.52. The van der Waals surface area contributed by atoms with Crippen LogP contribution in [0, 0.1) is 0 Å². The van der Waals surface area contributed by atoms with Crippen LogP contribution >= 0.6 is 0 Å². The number of hydrogen-bond acceptors (Lipinski definition) is 4. The van der Waals surface area contributed by atoms with Crippen LogP contribution in [0.5, 0.6) is 0 Å². The quantitative estimate of drug-likeness (QED) is 0.801. The molecule has 0 bridgehead atoms. The molecular formula is C9H14F2N4. The van der Waals surface area contributed by atoms with E-state index in [9.17, 15) is 8.78 Å². The molecule has 1 aromatic heterocycles. The van der Waals surface area contributed by atoms with Gasteiger partial charge in [-0.05, 0) is 13.8 Å². The third kappa shape index (κ3) is 3.75. The minimum Gasteiger partial charge on any atom is -0.367 e. The third-order valence-electron chi connectivity index (χ3n) is 1.64. The lowest BCUT2D eigenvalue weighted by Crippen LogP contribution is -2.40. The Labute approximate surface area is 86.9 Å². The zero-order valence-corrected chi connectivity index (χ0v) is 8.67. The highest BCUT2D eigenvalue weighted by Crippen LogP contribution is 2.22. The van der Waals surface area contributed by atoms with Crippen molar-refractivity contribution < 1.29 is 8.78 Å². The largest absolute Gasteiger partial charge is 0.367 e. The SMILES string of the molecule is CC(C)(N)CNc1nccnc1C(F)F. The number of nitrogens with two attached hydrogens (primary N) is 1. The maximum Gasteiger partial charge on any atom is 0.283 e. The second-order valence-electron chi connectivity index (χ2n) is 3.93. The smallest absolute Gasteiger partial charge is 0.283 e. The van der Waals surface area contributed by atoms with Gasteiger partial charge < -0.3 is 11.1 Å². The van der Waals surface area contributed by atoms with Gasteiger partial charge in [0.2, 0.25) is 0 Å². The van der Waals surface area contributed by atoms with E-state index in [1.54, 1.807) is 13.8 Å². The summed E-state index contributed by atoms with van der Waals surface area (Å²) < 4.78 is 24.9. The van der Waals surface area contributed by atoms with Gasteiger partial charge in [0.1, 0.15) is 5.69 Å². The number of nitrogens with zero attached hydrogens (tertiary/aromatic N) is 2. The van der Waals surface area contributed by atoms with E-state index < -0.39 is 12.0 Å². The highest BCUT2D eigenvalue weighted by molar-refractivity contribution is 5.40. The Balaban J connectivity index is 2.76. The van der Waals surface area contributed by atoms with Crippen molar-refractivity contribution in [1.82, 2.24) is 9.97 Å². The van der Waals surface area contributed by atoms with Gasteiger partial charge in [-0.2, -0.15) is 0 Å². The first-order valence-corrected chi connectivity index (χ1v) is 4.52. The minimum atomic E-state index is -2.64. The summed E-state index contributed by atoms with van der Waals surface area (Å²) in [5.41, 5.74) is 4.88. The van der Waals surface area contributed by atoms with E-state index >= 15 is 0 Å². The molecule has 0 aliphatic heterocycles. The monoisotopic (exact) mass is 216 g/mol. The summed E-state index contributed by atoms with van der Waals surface area (Å²) in [5.74, 6) is 0.0889. The second kappa shape index (κ2) is 4.48. The normalized spacial score (nSPS) is 11.9. The predicted octanol–water partition coefficient (Wildman–Crippen LogP) is 1.56. The lowest BCUT2D eigenvalue weighted by atomic mass is 10.1. The summed E-state index contributed by atoms with van der Waals surface area (Å²) in [7, 11) is 0. The second-order valence-corrected chi connectivity index (χ2v) is 3.93. The summed E-state index contributed by atoms with van der Waals surface area (Å²) in [6.45, 7) is 3.93. The van der Waals surface area contributed by atoms with E-state index in [4.69, 9.17) is 5.73 Å². The van der Waals surface area contributed by atoms with Gasteiger partial charge in [-0.25, -0.2) is 18.7 Å². The van der Waals surface area contributed by atoms with Gasteiger partial charge in [0.05, 0.1) is 0 Å². The van der Waals surface area contributed by atoms with Gasteiger partial charge >= 0.3 is 0 Å². The van der Waals surface area contributed by atoms with Crippen LogP contribution in [-0.2, 0) is 0 Å². The van der Waals surface area contributed by atoms with Crippen molar-refractivity contribution in [2.75, 3.05) is 11.9 Å². The van der Waals surface area contributed by atoms with Crippen molar-refractivity contribution in [3.63, 3.8) is 0 Å². The van der Waals surface area contributed by atoms with E-state index in [0.29, 0.717) is 6.54 Å². The van der Waals surface area contributed by atoms with E-state index in [1.165, 1.54) is 12.4 Å². The van der Waals surface area contributed by atoms with Crippen LogP contribution in [0.15, 0.2) is 12.4 Å². The molecule has 15 heavy (non-hydrogen) atoms. The molecule has 1 rings (SSSR count). The number of rotatable bonds is 4. The van der Waals surface area contributed by atoms with E-state index in [1.807, 2.05) is 0 Å². The molecule has 1 aromatic rings. The van der Waals surface area contributed by atoms with Crippen LogP contribution in [0.3, 0.4) is 0 Å². The molecule has 0 atom stereocenters. The fraction of sp³-hybridized carbons (Fsp3) is 0.556. The minimum absolute atomic E-state index is 0.0889. The Morgan fingerprint density at radius 1 is 1.40 bits per heavy atom. The molecule has 0 aromatic carbocycles. The van der Waals surface area contributed by atoms with Crippen LogP contribution in [-0.4, -0.2) is 22.1 Å². The molecule has 84 valence electrons. The molecule has 0 spiro atoms. The molecular weight excluding hydrogens is 202 g/mol. The number of alkyl halides is 2. The van der Waals surface area contributed by atoms with Crippen LogP contribution in [0.4, 0.5) is 14.6 Å². The topological polar surface area (TPSA) is 63.8 Å². The molecule has 0 radical (unpaired) electrons. The fourth-order valence-corrected chi connectivity index (χ4v) is 0.956. The summed E-state index contributed by atoms with van der Waals surface area (Å²) in [6, 6.07) is 0. The van der Waals surface area contributed by atoms with Crippen molar-refractivity contribution in [3.8, 4) is 0 Å². The van der Waals surface area contributed by atoms with Crippen molar-refractivity contribution in [2.45, 2.75) is 25.8 Å². The Hall–Kier alpha value is -1.30. The lowest BCUT2D eigenvalue weighted by Gasteiger charge is -2.20. The summed E-state index contributed by atoms with van der Waals surface area (Å²) in [4.78, 5) is 7.36. The van der Waals surface area contributed by atoms with E-state index in [0.717, 1.165) is 0 Å². The molecule has 4 nitrogen and oxygen atoms in total. The van der Waals surface area contributed by atoms with E-state index in [-0.39, 0.29) is 11.5 Å². The lowest BCUT2D eigenvalue weighted by molar-refractivity contribution is 0.146. The molecule has 6 heteroatoms. The summed E-state index contributed by atoms with van der Waals surface area (Å²) >= 11 is 0. The molecule has 1 heterocycles. The number of nitrogens with one attached hydrogen (secondary N) is 1. The first kappa shape index (κ1) is 11.8. The van der Waals surface area contributed by atoms with Gasteiger partial charge in [0.25, 0.3) is 6.43 Å². The van der Waals surface area contributed by atoms with Gasteiger partial charge in [0, 0.05) is 24.5 Å². The van der Waals surface area contributed by atoms with Crippen LogP contribution in [0.2, 0.25) is 0 Å². The third-order valence-corrected chi connectivity index (χ3v) is 1.64. The maximum atomic E-state index is 12.5. The van der Waals surface area contributed by atoms with Crippen LogP contribution < -0.4 is 11.1 Å². The average molecular weight is 216 g/mol. The van der Waals surface area contributed by atoms with Crippen molar-refractivity contribution in [2.24, 2.45) is 5.73 Å². The highest BCUT2D eigenvalue weighted by atomic mass is 19.3. The predicted molar refractivity (Wildman–Crippen MR) is 53.7 cm³/mol. The zero-order valence-electron chi connectivity index (χ0n) is 8.67. The van der Waals surface area contributed by atoms with Crippen molar-refractivity contribution in [3.05, 3.63) is 18.1 Å². The molecule has 0 saturated heterocycles. The molecule has 0 aliphatic carbocycles. The zero-order chi connectivity index (χ0) is 11.5. The number of halogens is 2. The average Bonchev–Trinajstić information content (AvgIpc) is 2.14. The molecule has 0 saturated carbocycles. The molecule has 0 amide bonds. The van der Waals surface area contributed by atoms with Gasteiger partial charge in [0.15, 0.2) is 5.82 Å². The van der Waals surface area contributed by atoms with Gasteiger partial charge in [-0.1, -0.05) is 0 Å². The Bertz CT molecular complexity index is 322. The summed E-state index contributed by atoms with van der Waals surface area (Å²) in [6.07, 6.45) is -0.0417. The molecule has 0 fully saturated rings. The summed E-state index contributed by atoms with van der Waals surface area (Å²) in [5, 5.41) is 2.76. The maximum absolute atomic E-state index is 12.5. The Kier molecular flexibility index (Phi) is 3.52. The number of aromatic nitrogens is 2. The standard InChI is InChI=1S/C9H14F2N4/c1-9(2,12)5-15-8-6(7(10)11)13-3-4-14-8/h3-4,7H,5,12H2,1-2H3,(H,14,15). The first-order chi connectivity index (χ1) is 6.90. The molecule has 3 N–H and O–H groups in total. The van der Waals surface area contributed by atoms with Crippen molar-refractivity contribution >= 4 is 5.82 Å². The molecule has 0 aliphatic rings. The van der Waals surface area contributed by atoms with Gasteiger partial charge in [-0.15, -0.1) is 0 Å². The van der Waals surface area contributed by atoms with Crippen LogP contribution in [0.1, 0.15) is 26.0 Å². The fourth-order valence-electron chi connectivity index (χ4n) is 0.956. The van der Waals surface area contributed by atoms with Gasteiger partial charge in [-0.3, -0.25) is 0 Å². The Morgan fingerprint density at radius 2 is 2.00 bits per heavy atom. The van der Waals surface area contributed by atoms with Crippen LogP contribution in [0.25, 0.3) is 0 Å². The molecule has 0 unspecified atom stereocenters.